The van der Waals surface area contributed by atoms with Gasteiger partial charge in [0.1, 0.15) is 0 Å². The molecule has 0 unspecified atom stereocenters. The van der Waals surface area contributed by atoms with Gasteiger partial charge in [-0.25, -0.2) is 4.79 Å². The standard InChI is InChI=1S/C22H32N4O2/c27-21(23-11-8-18-16-24-20-7-3-2-6-19(18)20)25-17-22(9-4-1-5-10-22)26-12-14-28-15-13-26/h2-3,6-7,16,24H,1,4-5,8-15,17H2,(H2,23,25,27). The number of carbonyl (C=O) groups is 1. The quantitative estimate of drug-likeness (QED) is 0.717. The van der Waals surface area contributed by atoms with Crippen LogP contribution in [-0.2, 0) is 11.2 Å². The van der Waals surface area contributed by atoms with Crippen LogP contribution in [0, 0.1) is 0 Å². The van der Waals surface area contributed by atoms with Crippen molar-refractivity contribution in [3.63, 3.8) is 0 Å². The molecule has 2 aromatic rings. The van der Waals surface area contributed by atoms with E-state index < -0.39 is 0 Å². The number of hydrogen-bond donors (Lipinski definition) is 3. The number of carbonyl (C=O) groups excluding carboxylic acids is 1. The topological polar surface area (TPSA) is 69.4 Å². The summed E-state index contributed by atoms with van der Waals surface area (Å²) in [5.41, 5.74) is 2.50. The summed E-state index contributed by atoms with van der Waals surface area (Å²) >= 11 is 0. The first kappa shape index (κ1) is 19.3. The summed E-state index contributed by atoms with van der Waals surface area (Å²) in [6, 6.07) is 8.22. The summed E-state index contributed by atoms with van der Waals surface area (Å²) in [4.78, 5) is 18.3. The van der Waals surface area contributed by atoms with E-state index in [1.54, 1.807) is 0 Å². The average Bonchev–Trinajstić information content (AvgIpc) is 3.17. The molecule has 1 aliphatic carbocycles. The molecule has 2 fully saturated rings. The largest absolute Gasteiger partial charge is 0.379 e. The molecule has 152 valence electrons. The Bertz CT molecular complexity index is 776. The molecule has 1 aliphatic heterocycles. The van der Waals surface area contributed by atoms with Crippen LogP contribution in [0.15, 0.2) is 30.5 Å². The average molecular weight is 385 g/mol. The first-order valence-corrected chi connectivity index (χ1v) is 10.7. The van der Waals surface area contributed by atoms with E-state index in [0.29, 0.717) is 6.54 Å². The van der Waals surface area contributed by atoms with Gasteiger partial charge in [-0.3, -0.25) is 4.90 Å². The number of nitrogens with zero attached hydrogens (tertiary/aromatic N) is 1. The van der Waals surface area contributed by atoms with Crippen LogP contribution in [0.4, 0.5) is 4.79 Å². The highest BCUT2D eigenvalue weighted by molar-refractivity contribution is 5.83. The molecule has 6 nitrogen and oxygen atoms in total. The van der Waals surface area contributed by atoms with Crippen LogP contribution < -0.4 is 10.6 Å². The van der Waals surface area contributed by atoms with Gasteiger partial charge in [0.15, 0.2) is 0 Å². The lowest BCUT2D eigenvalue weighted by atomic mass is 9.80. The van der Waals surface area contributed by atoms with Crippen LogP contribution in [0.3, 0.4) is 0 Å². The Kier molecular flexibility index (Phi) is 6.17. The second-order valence-electron chi connectivity index (χ2n) is 8.10. The maximum absolute atomic E-state index is 12.4. The molecular weight excluding hydrogens is 352 g/mol. The molecule has 0 spiro atoms. The van der Waals surface area contributed by atoms with Gasteiger partial charge >= 0.3 is 6.03 Å². The van der Waals surface area contributed by atoms with E-state index >= 15 is 0 Å². The first-order chi connectivity index (χ1) is 13.8. The normalized spacial score (nSPS) is 20.1. The number of aromatic amines is 1. The molecule has 1 aromatic heterocycles. The highest BCUT2D eigenvalue weighted by atomic mass is 16.5. The molecular formula is C22H32N4O2. The van der Waals surface area contributed by atoms with Crippen LogP contribution in [0.5, 0.6) is 0 Å². The highest BCUT2D eigenvalue weighted by Crippen LogP contribution is 2.33. The summed E-state index contributed by atoms with van der Waals surface area (Å²) in [7, 11) is 0. The molecule has 28 heavy (non-hydrogen) atoms. The number of urea groups is 1. The summed E-state index contributed by atoms with van der Waals surface area (Å²) in [6.45, 7) is 4.93. The lowest BCUT2D eigenvalue weighted by Gasteiger charge is -2.48. The van der Waals surface area contributed by atoms with E-state index in [9.17, 15) is 4.79 Å². The maximum Gasteiger partial charge on any atom is 0.314 e. The molecule has 4 rings (SSSR count). The van der Waals surface area contributed by atoms with Crippen molar-refractivity contribution in [3.8, 4) is 0 Å². The monoisotopic (exact) mass is 384 g/mol. The van der Waals surface area contributed by atoms with E-state index in [1.807, 2.05) is 12.3 Å². The number of H-pyrrole nitrogens is 1. The number of aromatic nitrogens is 1. The van der Waals surface area contributed by atoms with Crippen LogP contribution in [0.1, 0.15) is 37.7 Å². The minimum atomic E-state index is -0.0574. The van der Waals surface area contributed by atoms with Crippen molar-refractivity contribution in [2.75, 3.05) is 39.4 Å². The Balaban J connectivity index is 1.27. The minimum Gasteiger partial charge on any atom is -0.379 e. The highest BCUT2D eigenvalue weighted by Gasteiger charge is 2.38. The van der Waals surface area contributed by atoms with Crippen molar-refractivity contribution in [2.45, 2.75) is 44.1 Å². The molecule has 1 saturated heterocycles. The van der Waals surface area contributed by atoms with Gasteiger partial charge < -0.3 is 20.4 Å². The Morgan fingerprint density at radius 3 is 2.71 bits per heavy atom. The number of morpholine rings is 1. The second-order valence-corrected chi connectivity index (χ2v) is 8.10. The van der Waals surface area contributed by atoms with Gasteiger partial charge in [-0.2, -0.15) is 0 Å². The third kappa shape index (κ3) is 4.33. The Morgan fingerprint density at radius 2 is 1.89 bits per heavy atom. The van der Waals surface area contributed by atoms with Crippen molar-refractivity contribution in [3.05, 3.63) is 36.0 Å². The van der Waals surface area contributed by atoms with Gasteiger partial charge in [-0.15, -0.1) is 0 Å². The Hall–Kier alpha value is -2.05. The number of hydrogen-bond acceptors (Lipinski definition) is 3. The van der Waals surface area contributed by atoms with Crippen molar-refractivity contribution in [1.29, 1.82) is 0 Å². The van der Waals surface area contributed by atoms with Gasteiger partial charge in [0, 0.05) is 48.8 Å². The Labute approximate surface area is 167 Å². The molecule has 0 radical (unpaired) electrons. The number of ether oxygens (including phenoxy) is 1. The molecule has 2 heterocycles. The fourth-order valence-corrected chi connectivity index (χ4v) is 4.81. The first-order valence-electron chi connectivity index (χ1n) is 10.7. The molecule has 2 amide bonds. The van der Waals surface area contributed by atoms with Crippen molar-refractivity contribution in [1.82, 2.24) is 20.5 Å². The predicted octanol–water partition coefficient (Wildman–Crippen LogP) is 3.04. The number of fused-ring (bicyclic) bond motifs is 1. The van der Waals surface area contributed by atoms with Crippen LogP contribution in [-0.4, -0.2) is 60.8 Å². The zero-order valence-corrected chi connectivity index (χ0v) is 16.6. The molecule has 1 saturated carbocycles. The van der Waals surface area contributed by atoms with Gasteiger partial charge in [0.25, 0.3) is 0 Å². The van der Waals surface area contributed by atoms with E-state index in [4.69, 9.17) is 4.74 Å². The van der Waals surface area contributed by atoms with Crippen molar-refractivity contribution in [2.24, 2.45) is 0 Å². The lowest BCUT2D eigenvalue weighted by Crippen LogP contribution is -2.60. The van der Waals surface area contributed by atoms with E-state index in [1.165, 1.54) is 43.1 Å². The molecule has 3 N–H and O–H groups in total. The third-order valence-electron chi connectivity index (χ3n) is 6.40. The van der Waals surface area contributed by atoms with Crippen LogP contribution in [0.2, 0.25) is 0 Å². The lowest BCUT2D eigenvalue weighted by molar-refractivity contribution is -0.0357. The van der Waals surface area contributed by atoms with Gasteiger partial charge in [0.05, 0.1) is 13.2 Å². The number of para-hydroxylation sites is 1. The maximum atomic E-state index is 12.4. The third-order valence-corrected chi connectivity index (χ3v) is 6.40. The predicted molar refractivity (Wildman–Crippen MR) is 112 cm³/mol. The summed E-state index contributed by atoms with van der Waals surface area (Å²) in [6.07, 6.45) is 9.02. The van der Waals surface area contributed by atoms with E-state index in [-0.39, 0.29) is 11.6 Å². The van der Waals surface area contributed by atoms with Gasteiger partial charge in [-0.05, 0) is 30.9 Å². The van der Waals surface area contributed by atoms with Crippen LogP contribution >= 0.6 is 0 Å². The van der Waals surface area contributed by atoms with Crippen molar-refractivity contribution >= 4 is 16.9 Å². The molecule has 2 aliphatic rings. The summed E-state index contributed by atoms with van der Waals surface area (Å²) < 4.78 is 5.54. The van der Waals surface area contributed by atoms with Gasteiger partial charge in [0.2, 0.25) is 0 Å². The minimum absolute atomic E-state index is 0.0574. The second kappa shape index (κ2) is 8.97. The molecule has 0 atom stereocenters. The zero-order chi connectivity index (χ0) is 19.2. The fraction of sp³-hybridized carbons (Fsp3) is 0.591. The molecule has 0 bridgehead atoms. The molecule has 1 aromatic carbocycles. The number of amides is 2. The number of nitrogens with one attached hydrogen (secondary N) is 3. The van der Waals surface area contributed by atoms with E-state index in [2.05, 4.69) is 38.7 Å². The summed E-state index contributed by atoms with van der Waals surface area (Å²) in [5, 5.41) is 7.44. The zero-order valence-electron chi connectivity index (χ0n) is 16.6. The SMILES string of the molecule is O=C(NCCc1c[nH]c2ccccc12)NCC1(N2CCOCC2)CCCCC1. The smallest absolute Gasteiger partial charge is 0.314 e. The van der Waals surface area contributed by atoms with Crippen LogP contribution in [0.25, 0.3) is 10.9 Å². The van der Waals surface area contributed by atoms with Gasteiger partial charge in [-0.1, -0.05) is 37.5 Å². The fourth-order valence-electron chi connectivity index (χ4n) is 4.81. The molecule has 6 heteroatoms. The number of rotatable bonds is 6. The summed E-state index contributed by atoms with van der Waals surface area (Å²) in [5.74, 6) is 0. The van der Waals surface area contributed by atoms with E-state index in [0.717, 1.165) is 44.8 Å². The van der Waals surface area contributed by atoms with Crippen molar-refractivity contribution < 1.29 is 9.53 Å². The Morgan fingerprint density at radius 1 is 1.11 bits per heavy atom. The number of benzene rings is 1.